The molecule has 1 fully saturated rings. The number of hydrogen-bond donors (Lipinski definition) is 1. The lowest BCUT2D eigenvalue weighted by Gasteiger charge is -2.36. The number of likely N-dealkylation sites (N-methyl/N-ethyl adjacent to an activating group) is 1. The summed E-state index contributed by atoms with van der Waals surface area (Å²) in [6, 6.07) is 6.78. The minimum Gasteiger partial charge on any atom is -0.370 e. The molecule has 1 aliphatic heterocycles. The van der Waals surface area contributed by atoms with Gasteiger partial charge in [0.15, 0.2) is 5.96 Å². The van der Waals surface area contributed by atoms with Crippen LogP contribution in [0.2, 0.25) is 0 Å². The molecule has 1 aromatic heterocycles. The van der Waals surface area contributed by atoms with E-state index in [0.29, 0.717) is 13.2 Å². The first-order valence-electron chi connectivity index (χ1n) is 10.8. The number of nitrogens with zero attached hydrogens (tertiary/aromatic N) is 5. The quantitative estimate of drug-likeness (QED) is 0.346. The molecular weight excluding hydrogens is 503 g/mol. The van der Waals surface area contributed by atoms with E-state index in [0.717, 1.165) is 25.6 Å². The number of aliphatic imine (C=N–C) groups is 1. The molecule has 0 saturated carbocycles. The number of rotatable bonds is 6. The van der Waals surface area contributed by atoms with E-state index in [2.05, 4.69) is 79.5 Å². The summed E-state index contributed by atoms with van der Waals surface area (Å²) in [5.74, 6) is 0.950. The molecule has 1 aromatic carbocycles. The molecular formula is C23H37IN6O. The van der Waals surface area contributed by atoms with Crippen LogP contribution in [0.5, 0.6) is 0 Å². The maximum absolute atomic E-state index is 6.14. The second-order valence-corrected chi connectivity index (χ2v) is 8.29. The van der Waals surface area contributed by atoms with Crippen LogP contribution in [-0.4, -0.2) is 72.4 Å². The molecule has 1 aliphatic rings. The SMILES string of the molecule is CCNC(=NCC(c1cnn(C)c1)N(C)C)N1CCOC(c2ccc(C)cc2C)C1.I. The second-order valence-electron chi connectivity index (χ2n) is 8.29. The molecule has 0 bridgehead atoms. The fraction of sp³-hybridized carbons (Fsp3) is 0.565. The zero-order valence-electron chi connectivity index (χ0n) is 19.6. The van der Waals surface area contributed by atoms with Crippen LogP contribution in [0.4, 0.5) is 0 Å². The second kappa shape index (κ2) is 11.8. The number of morpholine rings is 1. The Labute approximate surface area is 203 Å². The van der Waals surface area contributed by atoms with E-state index in [1.54, 1.807) is 0 Å². The lowest BCUT2D eigenvalue weighted by Crippen LogP contribution is -2.48. The number of aromatic nitrogens is 2. The smallest absolute Gasteiger partial charge is 0.194 e. The third-order valence-corrected chi connectivity index (χ3v) is 5.62. The molecule has 7 nitrogen and oxygen atoms in total. The monoisotopic (exact) mass is 540 g/mol. The van der Waals surface area contributed by atoms with E-state index in [-0.39, 0.29) is 36.1 Å². The Morgan fingerprint density at radius 1 is 1.35 bits per heavy atom. The number of hydrogen-bond acceptors (Lipinski definition) is 4. The van der Waals surface area contributed by atoms with Gasteiger partial charge < -0.3 is 19.9 Å². The first-order chi connectivity index (χ1) is 14.4. The van der Waals surface area contributed by atoms with Crippen molar-refractivity contribution in [2.24, 2.45) is 12.0 Å². The predicted molar refractivity (Wildman–Crippen MR) is 137 cm³/mol. The third kappa shape index (κ3) is 6.66. The van der Waals surface area contributed by atoms with Crippen LogP contribution < -0.4 is 5.32 Å². The Balaban J connectivity index is 0.00000341. The van der Waals surface area contributed by atoms with Crippen LogP contribution in [0.1, 0.15) is 41.3 Å². The van der Waals surface area contributed by atoms with Crippen molar-refractivity contribution in [1.82, 2.24) is 24.9 Å². The van der Waals surface area contributed by atoms with Gasteiger partial charge in [-0.25, -0.2) is 0 Å². The summed E-state index contributed by atoms with van der Waals surface area (Å²) < 4.78 is 7.98. The Bertz CT molecular complexity index is 866. The number of ether oxygens (including phenoxy) is 1. The number of aryl methyl sites for hydroxylation is 3. The summed E-state index contributed by atoms with van der Waals surface area (Å²) in [5, 5.41) is 7.81. The molecule has 172 valence electrons. The molecule has 31 heavy (non-hydrogen) atoms. The molecule has 0 amide bonds. The van der Waals surface area contributed by atoms with E-state index in [1.165, 1.54) is 22.3 Å². The van der Waals surface area contributed by atoms with Crippen molar-refractivity contribution >= 4 is 29.9 Å². The maximum Gasteiger partial charge on any atom is 0.194 e. The predicted octanol–water partition coefficient (Wildman–Crippen LogP) is 3.30. The van der Waals surface area contributed by atoms with Crippen LogP contribution >= 0.6 is 24.0 Å². The lowest BCUT2D eigenvalue weighted by atomic mass is 10.00. The fourth-order valence-electron chi connectivity index (χ4n) is 3.99. The fourth-order valence-corrected chi connectivity index (χ4v) is 3.99. The average molecular weight is 540 g/mol. The first kappa shape index (κ1) is 25.6. The Morgan fingerprint density at radius 2 is 2.13 bits per heavy atom. The highest BCUT2D eigenvalue weighted by atomic mass is 127. The number of nitrogens with one attached hydrogen (secondary N) is 1. The summed E-state index contributed by atoms with van der Waals surface area (Å²) >= 11 is 0. The minimum absolute atomic E-state index is 0. The van der Waals surface area contributed by atoms with Crippen molar-refractivity contribution in [2.75, 3.05) is 46.9 Å². The van der Waals surface area contributed by atoms with E-state index in [1.807, 2.05) is 17.9 Å². The topological polar surface area (TPSA) is 57.9 Å². The summed E-state index contributed by atoms with van der Waals surface area (Å²) in [5.41, 5.74) is 5.01. The number of benzene rings is 1. The molecule has 2 atom stereocenters. The lowest BCUT2D eigenvalue weighted by molar-refractivity contribution is -0.00836. The Kier molecular flexibility index (Phi) is 9.77. The summed E-state index contributed by atoms with van der Waals surface area (Å²) in [7, 11) is 6.13. The molecule has 2 aromatic rings. The Morgan fingerprint density at radius 3 is 2.74 bits per heavy atom. The van der Waals surface area contributed by atoms with Gasteiger partial charge in [-0.05, 0) is 46.0 Å². The van der Waals surface area contributed by atoms with Gasteiger partial charge in [-0.2, -0.15) is 5.10 Å². The maximum atomic E-state index is 6.14. The number of halogens is 1. The van der Waals surface area contributed by atoms with Gasteiger partial charge in [0.1, 0.15) is 6.10 Å². The minimum atomic E-state index is 0. The van der Waals surface area contributed by atoms with E-state index in [4.69, 9.17) is 9.73 Å². The van der Waals surface area contributed by atoms with Gasteiger partial charge in [0.2, 0.25) is 0 Å². The average Bonchev–Trinajstić information content (AvgIpc) is 3.13. The van der Waals surface area contributed by atoms with Crippen molar-refractivity contribution in [3.8, 4) is 0 Å². The molecule has 2 unspecified atom stereocenters. The van der Waals surface area contributed by atoms with Crippen LogP contribution in [0.3, 0.4) is 0 Å². The molecule has 1 N–H and O–H groups in total. The van der Waals surface area contributed by atoms with Gasteiger partial charge >= 0.3 is 0 Å². The van der Waals surface area contributed by atoms with Gasteiger partial charge in [-0.1, -0.05) is 23.8 Å². The molecule has 2 heterocycles. The molecule has 0 radical (unpaired) electrons. The molecule has 0 spiro atoms. The van der Waals surface area contributed by atoms with Crippen LogP contribution in [0, 0.1) is 13.8 Å². The summed E-state index contributed by atoms with van der Waals surface area (Å²) in [4.78, 5) is 9.53. The van der Waals surface area contributed by atoms with Crippen LogP contribution in [-0.2, 0) is 11.8 Å². The van der Waals surface area contributed by atoms with Crippen molar-refractivity contribution in [3.63, 3.8) is 0 Å². The van der Waals surface area contributed by atoms with E-state index in [9.17, 15) is 0 Å². The highest BCUT2D eigenvalue weighted by molar-refractivity contribution is 14.0. The van der Waals surface area contributed by atoms with Crippen molar-refractivity contribution in [1.29, 1.82) is 0 Å². The highest BCUT2D eigenvalue weighted by Crippen LogP contribution is 2.26. The molecule has 0 aliphatic carbocycles. The molecule has 8 heteroatoms. The zero-order valence-corrected chi connectivity index (χ0v) is 22.0. The van der Waals surface area contributed by atoms with Crippen LogP contribution in [0.25, 0.3) is 0 Å². The van der Waals surface area contributed by atoms with E-state index >= 15 is 0 Å². The first-order valence-corrected chi connectivity index (χ1v) is 10.8. The van der Waals surface area contributed by atoms with Gasteiger partial charge in [-0.3, -0.25) is 9.67 Å². The standard InChI is InChI=1S/C23H36N6O.HI/c1-7-24-23(25-14-21(27(4)5)19-13-26-28(6)15-19)29-10-11-30-22(16-29)20-9-8-17(2)12-18(20)3;/h8-9,12-13,15,21-22H,7,10-11,14,16H2,1-6H3,(H,24,25);1H. The molecule has 1 saturated heterocycles. The number of guanidine groups is 1. The van der Waals surface area contributed by atoms with E-state index < -0.39 is 0 Å². The van der Waals surface area contributed by atoms with Crippen molar-refractivity contribution in [2.45, 2.75) is 32.9 Å². The largest absolute Gasteiger partial charge is 0.370 e. The normalized spacial score (nSPS) is 18.1. The highest BCUT2D eigenvalue weighted by Gasteiger charge is 2.26. The van der Waals surface area contributed by atoms with Gasteiger partial charge in [0, 0.05) is 31.9 Å². The molecule has 3 rings (SSSR count). The van der Waals surface area contributed by atoms with Crippen molar-refractivity contribution < 1.29 is 4.74 Å². The van der Waals surface area contributed by atoms with Crippen molar-refractivity contribution in [3.05, 3.63) is 52.8 Å². The van der Waals surface area contributed by atoms with Gasteiger partial charge in [-0.15, -0.1) is 24.0 Å². The van der Waals surface area contributed by atoms with Crippen LogP contribution in [0.15, 0.2) is 35.6 Å². The summed E-state index contributed by atoms with van der Waals surface area (Å²) in [6.07, 6.45) is 4.06. The van der Waals surface area contributed by atoms with Gasteiger partial charge in [0.25, 0.3) is 0 Å². The third-order valence-electron chi connectivity index (χ3n) is 5.62. The summed E-state index contributed by atoms with van der Waals surface area (Å²) in [6.45, 7) is 10.3. The zero-order chi connectivity index (χ0) is 21.7. The Hall–Kier alpha value is -1.65. The van der Waals surface area contributed by atoms with Gasteiger partial charge in [0.05, 0.1) is 31.9 Å².